The summed E-state index contributed by atoms with van der Waals surface area (Å²) in [6.45, 7) is 6.65. The van der Waals surface area contributed by atoms with Crippen molar-refractivity contribution in [3.8, 4) is 0 Å². The molecule has 3 atom stereocenters. The van der Waals surface area contributed by atoms with E-state index in [1.165, 1.54) is 24.0 Å². The van der Waals surface area contributed by atoms with Crippen LogP contribution in [0.1, 0.15) is 67.6 Å². The monoisotopic (exact) mass is 426 g/mol. The number of hydrogen-bond donors (Lipinski definition) is 1. The fourth-order valence-corrected chi connectivity index (χ4v) is 4.96. The van der Waals surface area contributed by atoms with Crippen LogP contribution in [0.25, 0.3) is 0 Å². The Morgan fingerprint density at radius 2 is 1.59 bits per heavy atom. The molecule has 0 unspecified atom stereocenters. The number of benzene rings is 3. The molecule has 1 aliphatic heterocycles. The number of carbonyl (C=O) groups excluding carboxylic acids is 1. The molecular weight excluding hydrogens is 392 g/mol. The lowest BCUT2D eigenvalue weighted by Gasteiger charge is -2.45. The van der Waals surface area contributed by atoms with Gasteiger partial charge in [0.05, 0.1) is 6.04 Å². The van der Waals surface area contributed by atoms with Crippen molar-refractivity contribution in [1.82, 2.24) is 0 Å². The molecule has 0 fully saturated rings. The van der Waals surface area contributed by atoms with Crippen molar-refractivity contribution in [3.63, 3.8) is 0 Å². The van der Waals surface area contributed by atoms with E-state index in [2.05, 4.69) is 80.7 Å². The number of amides is 1. The highest BCUT2D eigenvalue weighted by atomic mass is 16.2. The normalized spacial score (nSPS) is 20.0. The van der Waals surface area contributed by atoms with Crippen molar-refractivity contribution >= 4 is 17.3 Å². The van der Waals surface area contributed by atoms with E-state index in [0.29, 0.717) is 0 Å². The summed E-state index contributed by atoms with van der Waals surface area (Å²) < 4.78 is 0. The molecule has 3 aromatic carbocycles. The summed E-state index contributed by atoms with van der Waals surface area (Å²) in [6, 6.07) is 27.2. The first kappa shape index (κ1) is 22.1. The van der Waals surface area contributed by atoms with Crippen LogP contribution in [0.4, 0.5) is 11.4 Å². The smallest absolute Gasteiger partial charge is 0.258 e. The molecule has 0 saturated carbocycles. The van der Waals surface area contributed by atoms with Crippen LogP contribution < -0.4 is 10.2 Å². The van der Waals surface area contributed by atoms with Gasteiger partial charge in [-0.1, -0.05) is 75.7 Å². The van der Waals surface area contributed by atoms with Crippen molar-refractivity contribution in [2.24, 2.45) is 5.92 Å². The Balaban J connectivity index is 1.68. The van der Waals surface area contributed by atoms with Gasteiger partial charge in [0.25, 0.3) is 5.91 Å². The fourth-order valence-electron chi connectivity index (χ4n) is 4.96. The molecule has 0 spiro atoms. The van der Waals surface area contributed by atoms with Crippen LogP contribution in [0.2, 0.25) is 0 Å². The summed E-state index contributed by atoms with van der Waals surface area (Å²) in [5, 5.41) is 3.74. The second kappa shape index (κ2) is 10.0. The van der Waals surface area contributed by atoms with Crippen LogP contribution in [0, 0.1) is 5.92 Å². The maximum atomic E-state index is 13.8. The molecule has 1 N–H and O–H groups in total. The van der Waals surface area contributed by atoms with Crippen molar-refractivity contribution in [2.45, 2.75) is 58.5 Å². The molecule has 1 heterocycles. The Hall–Kier alpha value is -3.07. The van der Waals surface area contributed by atoms with Crippen molar-refractivity contribution < 1.29 is 4.79 Å². The van der Waals surface area contributed by atoms with Crippen molar-refractivity contribution in [1.29, 1.82) is 0 Å². The predicted octanol–water partition coefficient (Wildman–Crippen LogP) is 7.26. The molecule has 4 rings (SSSR count). The third-order valence-electron chi connectivity index (χ3n) is 6.75. The summed E-state index contributed by atoms with van der Waals surface area (Å²) in [7, 11) is 0. The molecule has 166 valence electrons. The van der Waals surface area contributed by atoms with E-state index in [0.717, 1.165) is 29.8 Å². The number of hydrogen-bond acceptors (Lipinski definition) is 2. The largest absolute Gasteiger partial charge is 0.378 e. The van der Waals surface area contributed by atoms with Crippen molar-refractivity contribution in [2.75, 3.05) is 10.2 Å². The van der Waals surface area contributed by atoms with E-state index in [4.69, 9.17) is 0 Å². The minimum atomic E-state index is 0.0938. The van der Waals surface area contributed by atoms with Gasteiger partial charge < -0.3 is 10.2 Å². The third-order valence-corrected chi connectivity index (χ3v) is 6.75. The van der Waals surface area contributed by atoms with Crippen LogP contribution in [0.15, 0.2) is 78.9 Å². The van der Waals surface area contributed by atoms with E-state index in [1.807, 2.05) is 29.2 Å². The van der Waals surface area contributed by atoms with Gasteiger partial charge in [0.15, 0.2) is 0 Å². The molecule has 1 aliphatic rings. The summed E-state index contributed by atoms with van der Waals surface area (Å²) in [5.41, 5.74) is 5.37. The zero-order valence-corrected chi connectivity index (χ0v) is 19.4. The molecule has 0 aliphatic carbocycles. The molecule has 0 radical (unpaired) electrons. The number of rotatable bonds is 7. The molecule has 1 amide bonds. The maximum absolute atomic E-state index is 13.8. The minimum Gasteiger partial charge on any atom is -0.378 e. The Morgan fingerprint density at radius 3 is 2.28 bits per heavy atom. The Labute approximate surface area is 192 Å². The van der Waals surface area contributed by atoms with E-state index >= 15 is 0 Å². The van der Waals surface area contributed by atoms with Gasteiger partial charge in [0, 0.05) is 28.9 Å². The van der Waals surface area contributed by atoms with Crippen LogP contribution >= 0.6 is 0 Å². The van der Waals surface area contributed by atoms with Crippen LogP contribution in [0.5, 0.6) is 0 Å². The predicted molar refractivity (Wildman–Crippen MR) is 134 cm³/mol. The molecule has 32 heavy (non-hydrogen) atoms. The quantitative estimate of drug-likeness (QED) is 0.431. The number of carbonyl (C=O) groups is 1. The average Bonchev–Trinajstić information content (AvgIpc) is 2.84. The first-order valence-corrected chi connectivity index (χ1v) is 12.0. The van der Waals surface area contributed by atoms with E-state index < -0.39 is 0 Å². The zero-order chi connectivity index (χ0) is 22.5. The Morgan fingerprint density at radius 1 is 0.906 bits per heavy atom. The molecule has 3 heteroatoms. The van der Waals surface area contributed by atoms with Gasteiger partial charge in [-0.2, -0.15) is 0 Å². The average molecular weight is 427 g/mol. The molecule has 3 nitrogen and oxygen atoms in total. The number of anilines is 2. The third kappa shape index (κ3) is 4.43. The second-order valence-electron chi connectivity index (χ2n) is 8.86. The van der Waals surface area contributed by atoms with Crippen molar-refractivity contribution in [3.05, 3.63) is 95.6 Å². The summed E-state index contributed by atoms with van der Waals surface area (Å²) in [5.74, 6) is 0.360. The zero-order valence-electron chi connectivity index (χ0n) is 19.4. The topological polar surface area (TPSA) is 32.3 Å². The lowest BCUT2D eigenvalue weighted by Crippen LogP contribution is -2.50. The number of fused-ring (bicyclic) bond motifs is 1. The van der Waals surface area contributed by atoms with Gasteiger partial charge in [-0.05, 0) is 60.7 Å². The van der Waals surface area contributed by atoms with Gasteiger partial charge in [0.1, 0.15) is 0 Å². The lowest BCUT2D eigenvalue weighted by atomic mass is 9.80. The SMILES string of the molecule is CCCCc1ccc(C(=O)N2c3ccccc3[C@H](Nc3ccccc3)[C@@H](C)[C@H]2CC)cc1. The van der Waals surface area contributed by atoms with Gasteiger partial charge in [-0.25, -0.2) is 0 Å². The molecule has 0 bridgehead atoms. The molecule has 3 aromatic rings. The number of nitrogens with zero attached hydrogens (tertiary/aromatic N) is 1. The van der Waals surface area contributed by atoms with Crippen LogP contribution in [-0.4, -0.2) is 11.9 Å². The number of nitrogens with one attached hydrogen (secondary N) is 1. The Bertz CT molecular complexity index is 1030. The minimum absolute atomic E-state index is 0.0938. The molecule has 0 aromatic heterocycles. The first-order valence-electron chi connectivity index (χ1n) is 12.0. The van der Waals surface area contributed by atoms with E-state index in [9.17, 15) is 4.79 Å². The maximum Gasteiger partial charge on any atom is 0.258 e. The van der Waals surface area contributed by atoms with Gasteiger partial charge in [0.2, 0.25) is 0 Å². The van der Waals surface area contributed by atoms with Crippen LogP contribution in [-0.2, 0) is 6.42 Å². The lowest BCUT2D eigenvalue weighted by molar-refractivity contribution is 0.0960. The van der Waals surface area contributed by atoms with Gasteiger partial charge in [-0.15, -0.1) is 0 Å². The second-order valence-corrected chi connectivity index (χ2v) is 8.86. The fraction of sp³-hybridized carbons (Fsp3) is 0.345. The van der Waals surface area contributed by atoms with E-state index in [-0.39, 0.29) is 23.9 Å². The van der Waals surface area contributed by atoms with Crippen LogP contribution in [0.3, 0.4) is 0 Å². The number of para-hydroxylation sites is 2. The summed E-state index contributed by atoms with van der Waals surface area (Å²) in [4.78, 5) is 15.8. The molecular formula is C29H34N2O. The van der Waals surface area contributed by atoms with E-state index in [1.54, 1.807) is 0 Å². The van der Waals surface area contributed by atoms with Gasteiger partial charge in [-0.3, -0.25) is 4.79 Å². The summed E-state index contributed by atoms with van der Waals surface area (Å²) >= 11 is 0. The highest BCUT2D eigenvalue weighted by Crippen LogP contribution is 2.43. The summed E-state index contributed by atoms with van der Waals surface area (Å²) in [6.07, 6.45) is 4.33. The standard InChI is InChI=1S/C29H34N2O/c1-4-6-12-22-17-19-23(20-18-22)29(32)31-26(5-2)21(3)28(25-15-10-11-16-27(25)31)30-24-13-8-7-9-14-24/h7-11,13-21,26,28,30H,4-6,12H2,1-3H3/t21-,26+,28+/m0/s1. The highest BCUT2D eigenvalue weighted by molar-refractivity contribution is 6.07. The molecule has 0 saturated heterocycles. The first-order chi connectivity index (χ1) is 15.6. The van der Waals surface area contributed by atoms with Gasteiger partial charge >= 0.3 is 0 Å². The number of unbranched alkanes of at least 4 members (excludes halogenated alkanes) is 1. The Kier molecular flexibility index (Phi) is 6.94. The highest BCUT2D eigenvalue weighted by Gasteiger charge is 2.40. The number of aryl methyl sites for hydroxylation is 1.